The molecule has 0 aliphatic carbocycles. The summed E-state index contributed by atoms with van der Waals surface area (Å²) in [6.07, 6.45) is 4.02. The average molecular weight is 113 g/mol. The molecule has 0 saturated heterocycles. The number of hydrogen-bond donors (Lipinski definition) is 2. The fraction of sp³-hybridized carbons (Fsp3) is 0.667. The summed E-state index contributed by atoms with van der Waals surface area (Å²) in [5.41, 5.74) is 0. The van der Waals surface area contributed by atoms with E-state index in [0.717, 1.165) is 19.4 Å². The molecule has 0 aromatic carbocycles. The lowest BCUT2D eigenvalue weighted by molar-refractivity contribution is 0.514. The van der Waals surface area contributed by atoms with Gasteiger partial charge in [0.25, 0.3) is 0 Å². The summed E-state index contributed by atoms with van der Waals surface area (Å²) >= 11 is 0. The van der Waals surface area contributed by atoms with Crippen molar-refractivity contribution in [1.29, 1.82) is 0 Å². The van der Waals surface area contributed by atoms with Crippen molar-refractivity contribution in [3.8, 4) is 12.2 Å². The maximum absolute atomic E-state index is 7.94. The quantitative estimate of drug-likeness (QED) is 0.320. The molecule has 0 saturated carbocycles. The van der Waals surface area contributed by atoms with Crippen molar-refractivity contribution in [2.45, 2.75) is 19.8 Å². The predicted molar refractivity (Wildman–Crippen MR) is 32.6 cm³/mol. The Bertz CT molecular complexity index is 90.4. The Balaban J connectivity index is 2.79. The van der Waals surface area contributed by atoms with Gasteiger partial charge in [0.05, 0.1) is 0 Å². The van der Waals surface area contributed by atoms with E-state index >= 15 is 0 Å². The van der Waals surface area contributed by atoms with Gasteiger partial charge in [-0.15, -0.1) is 0 Å². The van der Waals surface area contributed by atoms with E-state index in [4.69, 9.17) is 5.11 Å². The molecule has 0 radical (unpaired) electrons. The highest BCUT2D eigenvalue weighted by molar-refractivity contribution is 4.85. The summed E-state index contributed by atoms with van der Waals surface area (Å²) in [5, 5.41) is 10.7. The fourth-order valence-corrected chi connectivity index (χ4v) is 0.367. The van der Waals surface area contributed by atoms with E-state index in [0.29, 0.717) is 0 Å². The van der Waals surface area contributed by atoms with Crippen LogP contribution in [0.2, 0.25) is 0 Å². The standard InChI is InChI=1S/C6H11NO/c1-2-3-4-7-5-6-8/h7-8H,2-4H2,1H3. The zero-order chi connectivity index (χ0) is 6.24. The summed E-state index contributed by atoms with van der Waals surface area (Å²) in [5.74, 6) is 0. The van der Waals surface area contributed by atoms with E-state index in [9.17, 15) is 0 Å². The summed E-state index contributed by atoms with van der Waals surface area (Å²) in [4.78, 5) is 0. The van der Waals surface area contributed by atoms with E-state index in [1.165, 1.54) is 0 Å². The molecule has 0 aromatic rings. The first-order valence-electron chi connectivity index (χ1n) is 2.78. The van der Waals surface area contributed by atoms with Crippen LogP contribution in [0.3, 0.4) is 0 Å². The lowest BCUT2D eigenvalue weighted by Gasteiger charge is -1.90. The first-order chi connectivity index (χ1) is 3.91. The van der Waals surface area contributed by atoms with Crippen molar-refractivity contribution in [2.24, 2.45) is 0 Å². The third kappa shape index (κ3) is 5.16. The van der Waals surface area contributed by atoms with Gasteiger partial charge in [-0.2, -0.15) is 0 Å². The smallest absolute Gasteiger partial charge is 0.131 e. The average Bonchev–Trinajstić information content (AvgIpc) is 1.81. The van der Waals surface area contributed by atoms with Gasteiger partial charge in [-0.05, 0) is 6.42 Å². The van der Waals surface area contributed by atoms with Crippen LogP contribution in [0.4, 0.5) is 0 Å². The molecule has 2 nitrogen and oxygen atoms in total. The zero-order valence-corrected chi connectivity index (χ0v) is 5.07. The number of nitrogens with one attached hydrogen (secondary N) is 1. The molecular formula is C6H11NO. The third-order valence-electron chi connectivity index (χ3n) is 0.800. The second-order valence-corrected chi connectivity index (χ2v) is 1.52. The molecule has 0 spiro atoms. The number of hydrogen-bond acceptors (Lipinski definition) is 2. The Labute approximate surface area is 49.9 Å². The largest absolute Gasteiger partial charge is 0.461 e. The molecule has 0 aliphatic rings. The van der Waals surface area contributed by atoms with E-state index in [-0.39, 0.29) is 0 Å². The third-order valence-corrected chi connectivity index (χ3v) is 0.800. The molecule has 0 fully saturated rings. The molecule has 0 unspecified atom stereocenters. The van der Waals surface area contributed by atoms with Crippen LogP contribution in [0, 0.1) is 12.2 Å². The van der Waals surface area contributed by atoms with Crippen molar-refractivity contribution < 1.29 is 5.11 Å². The minimum atomic E-state index is 0.865. The van der Waals surface area contributed by atoms with Crippen LogP contribution in [-0.2, 0) is 0 Å². The van der Waals surface area contributed by atoms with Crippen LogP contribution in [-0.4, -0.2) is 11.7 Å². The van der Waals surface area contributed by atoms with Crippen LogP contribution in [0.5, 0.6) is 0 Å². The van der Waals surface area contributed by atoms with Gasteiger partial charge >= 0.3 is 0 Å². The minimum absolute atomic E-state index is 0.865. The first-order valence-corrected chi connectivity index (χ1v) is 2.78. The number of aliphatic hydroxyl groups is 1. The van der Waals surface area contributed by atoms with Crippen molar-refractivity contribution in [2.75, 3.05) is 6.54 Å². The lowest BCUT2D eigenvalue weighted by Crippen LogP contribution is -2.06. The predicted octanol–water partition coefficient (Wildman–Crippen LogP) is 0.667. The molecule has 46 valence electrons. The molecule has 0 aliphatic heterocycles. The number of unbranched alkanes of at least 4 members (excludes halogenated alkanes) is 1. The monoisotopic (exact) mass is 113 g/mol. The van der Waals surface area contributed by atoms with Crippen molar-refractivity contribution in [3.05, 3.63) is 0 Å². The molecule has 2 heteroatoms. The Morgan fingerprint density at radius 3 is 2.88 bits per heavy atom. The van der Waals surface area contributed by atoms with E-state index < -0.39 is 0 Å². The molecule has 0 atom stereocenters. The van der Waals surface area contributed by atoms with Crippen LogP contribution >= 0.6 is 0 Å². The van der Waals surface area contributed by atoms with Gasteiger partial charge in [-0.25, -0.2) is 0 Å². The van der Waals surface area contributed by atoms with Gasteiger partial charge in [0.15, 0.2) is 0 Å². The number of rotatable bonds is 3. The molecule has 2 N–H and O–H groups in total. The fourth-order valence-electron chi connectivity index (χ4n) is 0.367. The summed E-state index contributed by atoms with van der Waals surface area (Å²) in [6.45, 7) is 2.97. The van der Waals surface area contributed by atoms with Crippen molar-refractivity contribution >= 4 is 0 Å². The maximum Gasteiger partial charge on any atom is 0.131 e. The molecule has 0 amide bonds. The van der Waals surface area contributed by atoms with Gasteiger partial charge in [0.2, 0.25) is 0 Å². The second kappa shape index (κ2) is 6.16. The summed E-state index contributed by atoms with van der Waals surface area (Å²) in [7, 11) is 0. The van der Waals surface area contributed by atoms with Gasteiger partial charge in [0, 0.05) is 12.6 Å². The zero-order valence-electron chi connectivity index (χ0n) is 5.07. The maximum atomic E-state index is 7.94. The highest BCUT2D eigenvalue weighted by Gasteiger charge is 1.76. The van der Waals surface area contributed by atoms with E-state index in [2.05, 4.69) is 18.3 Å². The topological polar surface area (TPSA) is 32.3 Å². The molecule has 0 rings (SSSR count). The first kappa shape index (κ1) is 7.16. The second-order valence-electron chi connectivity index (χ2n) is 1.52. The Kier molecular flexibility index (Phi) is 5.51. The molecule has 8 heavy (non-hydrogen) atoms. The highest BCUT2D eigenvalue weighted by Crippen LogP contribution is 1.79. The van der Waals surface area contributed by atoms with Gasteiger partial charge in [0.1, 0.15) is 6.11 Å². The minimum Gasteiger partial charge on any atom is -0.461 e. The number of aliphatic hydroxyl groups excluding tert-OH is 1. The molecule has 0 aromatic heterocycles. The summed E-state index contributed by atoms with van der Waals surface area (Å²) in [6, 6.07) is 2.34. The molecule has 0 bridgehead atoms. The van der Waals surface area contributed by atoms with Crippen molar-refractivity contribution in [1.82, 2.24) is 5.32 Å². The Morgan fingerprint density at radius 1 is 1.62 bits per heavy atom. The molecule has 0 heterocycles. The van der Waals surface area contributed by atoms with Gasteiger partial charge in [-0.1, -0.05) is 13.3 Å². The van der Waals surface area contributed by atoms with Crippen LogP contribution in [0.1, 0.15) is 19.8 Å². The normalized spacial score (nSPS) is 7.12. The Morgan fingerprint density at radius 2 is 2.38 bits per heavy atom. The molecular weight excluding hydrogens is 102 g/mol. The van der Waals surface area contributed by atoms with E-state index in [1.807, 2.05) is 0 Å². The van der Waals surface area contributed by atoms with Crippen molar-refractivity contribution in [3.63, 3.8) is 0 Å². The SMILES string of the molecule is CCCCNC#CO. The van der Waals surface area contributed by atoms with E-state index in [1.54, 1.807) is 6.11 Å². The van der Waals surface area contributed by atoms with Crippen LogP contribution in [0.15, 0.2) is 0 Å². The van der Waals surface area contributed by atoms with Gasteiger partial charge in [-0.3, -0.25) is 0 Å². The Hall–Kier alpha value is -0.840. The lowest BCUT2D eigenvalue weighted by atomic mass is 10.3. The van der Waals surface area contributed by atoms with Crippen LogP contribution in [0.25, 0.3) is 0 Å². The van der Waals surface area contributed by atoms with Gasteiger partial charge < -0.3 is 10.4 Å². The van der Waals surface area contributed by atoms with Crippen LogP contribution < -0.4 is 5.32 Å². The summed E-state index contributed by atoms with van der Waals surface area (Å²) < 4.78 is 0. The highest BCUT2D eigenvalue weighted by atomic mass is 16.2.